The van der Waals surface area contributed by atoms with Crippen LogP contribution in [-0.4, -0.2) is 30.3 Å². The maximum atomic E-state index is 10.3. The third kappa shape index (κ3) is 1.27. The number of carboxylic acid groups (broad SMARTS) is 1. The summed E-state index contributed by atoms with van der Waals surface area (Å²) < 4.78 is 0. The third-order valence-corrected chi connectivity index (χ3v) is 3.09. The van der Waals surface area contributed by atoms with E-state index in [0.29, 0.717) is 5.41 Å². The predicted molar refractivity (Wildman–Crippen MR) is 44.1 cm³/mol. The Morgan fingerprint density at radius 3 is 2.75 bits per heavy atom. The monoisotopic (exact) mass is 170 g/mol. The zero-order chi connectivity index (χ0) is 8.60. The van der Waals surface area contributed by atoms with Crippen LogP contribution in [0.25, 0.3) is 0 Å². The second kappa shape index (κ2) is 2.62. The molecule has 1 aliphatic carbocycles. The Labute approximate surface area is 71.3 Å². The molecule has 4 heteroatoms. The molecular weight excluding hydrogens is 156 g/mol. The molecule has 12 heavy (non-hydrogen) atoms. The summed E-state index contributed by atoms with van der Waals surface area (Å²) in [5.41, 5.74) is 0.323. The van der Waals surface area contributed by atoms with E-state index in [1.807, 2.05) is 0 Å². The standard InChI is InChI=1S/C8H14N2O2/c11-7(12)10-6-5-8(6)1-3-9-4-2-8/h6,9-10H,1-5H2,(H,11,12). The summed E-state index contributed by atoms with van der Waals surface area (Å²) in [4.78, 5) is 10.3. The molecule has 0 radical (unpaired) electrons. The number of rotatable bonds is 1. The lowest BCUT2D eigenvalue weighted by molar-refractivity contribution is 0.190. The topological polar surface area (TPSA) is 61.4 Å². The predicted octanol–water partition coefficient (Wildman–Crippen LogP) is 0.396. The molecule has 2 aliphatic rings. The molecule has 3 N–H and O–H groups in total. The lowest BCUT2D eigenvalue weighted by Gasteiger charge is -2.23. The number of carbonyl (C=O) groups is 1. The summed E-state index contributed by atoms with van der Waals surface area (Å²) in [5.74, 6) is 0. The van der Waals surface area contributed by atoms with Gasteiger partial charge < -0.3 is 15.7 Å². The summed E-state index contributed by atoms with van der Waals surface area (Å²) in [6, 6.07) is 0.233. The van der Waals surface area contributed by atoms with E-state index in [0.717, 1.165) is 32.4 Å². The lowest BCUT2D eigenvalue weighted by Crippen LogP contribution is -2.35. The first-order valence-electron chi connectivity index (χ1n) is 4.43. The maximum absolute atomic E-state index is 10.3. The fourth-order valence-corrected chi connectivity index (χ4v) is 2.18. The molecule has 0 aromatic carbocycles. The zero-order valence-corrected chi connectivity index (χ0v) is 6.97. The average molecular weight is 170 g/mol. The summed E-state index contributed by atoms with van der Waals surface area (Å²) in [6.07, 6.45) is 2.41. The molecule has 1 atom stereocenters. The van der Waals surface area contributed by atoms with Crippen molar-refractivity contribution in [2.24, 2.45) is 5.41 Å². The van der Waals surface area contributed by atoms with Gasteiger partial charge in [-0.25, -0.2) is 4.79 Å². The highest BCUT2D eigenvalue weighted by Crippen LogP contribution is 2.52. The van der Waals surface area contributed by atoms with Gasteiger partial charge in [-0.1, -0.05) is 0 Å². The highest BCUT2D eigenvalue weighted by atomic mass is 16.4. The van der Waals surface area contributed by atoms with Gasteiger partial charge in [-0.05, 0) is 37.8 Å². The molecule has 2 rings (SSSR count). The Kier molecular flexibility index (Phi) is 1.72. The molecular formula is C8H14N2O2. The normalized spacial score (nSPS) is 31.5. The first-order valence-corrected chi connectivity index (χ1v) is 4.43. The Balaban J connectivity index is 1.86. The zero-order valence-electron chi connectivity index (χ0n) is 6.97. The Bertz CT molecular complexity index is 199. The molecule has 1 saturated carbocycles. The summed E-state index contributed by atoms with van der Waals surface area (Å²) in [5, 5.41) is 14.4. The molecule has 0 aromatic heterocycles. The second-order valence-corrected chi connectivity index (χ2v) is 3.82. The van der Waals surface area contributed by atoms with Gasteiger partial charge in [-0.2, -0.15) is 0 Å². The van der Waals surface area contributed by atoms with Crippen LogP contribution >= 0.6 is 0 Å². The minimum absolute atomic E-state index is 0.233. The molecule has 1 heterocycles. The van der Waals surface area contributed by atoms with Crippen molar-refractivity contribution in [1.82, 2.24) is 10.6 Å². The molecule has 0 bridgehead atoms. The van der Waals surface area contributed by atoms with Crippen molar-refractivity contribution in [3.8, 4) is 0 Å². The van der Waals surface area contributed by atoms with E-state index < -0.39 is 6.09 Å². The fourth-order valence-electron chi connectivity index (χ4n) is 2.18. The number of hydrogen-bond donors (Lipinski definition) is 3. The number of amides is 1. The van der Waals surface area contributed by atoms with Gasteiger partial charge >= 0.3 is 6.09 Å². The molecule has 68 valence electrons. The van der Waals surface area contributed by atoms with Gasteiger partial charge in [0.25, 0.3) is 0 Å². The molecule has 2 fully saturated rings. The Morgan fingerprint density at radius 1 is 1.50 bits per heavy atom. The van der Waals surface area contributed by atoms with E-state index >= 15 is 0 Å². The molecule has 1 spiro atoms. The highest BCUT2D eigenvalue weighted by molar-refractivity contribution is 5.65. The molecule has 1 amide bonds. The van der Waals surface area contributed by atoms with Crippen LogP contribution in [0.15, 0.2) is 0 Å². The molecule has 1 saturated heterocycles. The molecule has 0 aromatic rings. The number of piperidine rings is 1. The van der Waals surface area contributed by atoms with Gasteiger partial charge in [0.2, 0.25) is 0 Å². The fraction of sp³-hybridized carbons (Fsp3) is 0.875. The smallest absolute Gasteiger partial charge is 0.404 e. The van der Waals surface area contributed by atoms with Gasteiger partial charge in [0, 0.05) is 6.04 Å². The molecule has 1 aliphatic heterocycles. The summed E-state index contributed by atoms with van der Waals surface area (Å²) in [7, 11) is 0. The van der Waals surface area contributed by atoms with Gasteiger partial charge in [0.05, 0.1) is 0 Å². The van der Waals surface area contributed by atoms with E-state index in [-0.39, 0.29) is 6.04 Å². The van der Waals surface area contributed by atoms with Crippen molar-refractivity contribution in [2.75, 3.05) is 13.1 Å². The van der Waals surface area contributed by atoms with Crippen LogP contribution in [0, 0.1) is 5.41 Å². The van der Waals surface area contributed by atoms with E-state index in [1.54, 1.807) is 0 Å². The van der Waals surface area contributed by atoms with Crippen LogP contribution < -0.4 is 10.6 Å². The average Bonchev–Trinajstić information content (AvgIpc) is 2.63. The molecule has 1 unspecified atom stereocenters. The van der Waals surface area contributed by atoms with Crippen molar-refractivity contribution in [1.29, 1.82) is 0 Å². The van der Waals surface area contributed by atoms with Crippen LogP contribution in [0.1, 0.15) is 19.3 Å². The highest BCUT2D eigenvalue weighted by Gasteiger charge is 2.54. The minimum Gasteiger partial charge on any atom is -0.465 e. The Morgan fingerprint density at radius 2 is 2.17 bits per heavy atom. The van der Waals surface area contributed by atoms with Crippen molar-refractivity contribution < 1.29 is 9.90 Å². The van der Waals surface area contributed by atoms with E-state index in [1.165, 1.54) is 0 Å². The first kappa shape index (κ1) is 7.86. The van der Waals surface area contributed by atoms with Crippen LogP contribution in [0.2, 0.25) is 0 Å². The van der Waals surface area contributed by atoms with Crippen molar-refractivity contribution in [3.05, 3.63) is 0 Å². The largest absolute Gasteiger partial charge is 0.465 e. The second-order valence-electron chi connectivity index (χ2n) is 3.82. The van der Waals surface area contributed by atoms with Gasteiger partial charge in [-0.3, -0.25) is 0 Å². The SMILES string of the molecule is O=C(O)NC1CC12CCNCC2. The van der Waals surface area contributed by atoms with Crippen LogP contribution in [0.3, 0.4) is 0 Å². The van der Waals surface area contributed by atoms with Crippen LogP contribution in [0.4, 0.5) is 4.79 Å². The quantitative estimate of drug-likeness (QED) is 0.533. The first-order chi connectivity index (χ1) is 5.73. The van der Waals surface area contributed by atoms with Crippen molar-refractivity contribution in [2.45, 2.75) is 25.3 Å². The van der Waals surface area contributed by atoms with Gasteiger partial charge in [0.15, 0.2) is 0 Å². The Hall–Kier alpha value is -0.770. The van der Waals surface area contributed by atoms with Crippen LogP contribution in [0.5, 0.6) is 0 Å². The minimum atomic E-state index is -0.879. The lowest BCUT2D eigenvalue weighted by atomic mass is 9.94. The van der Waals surface area contributed by atoms with Gasteiger partial charge in [0.1, 0.15) is 0 Å². The number of nitrogens with one attached hydrogen (secondary N) is 2. The molecule has 4 nitrogen and oxygen atoms in total. The summed E-state index contributed by atoms with van der Waals surface area (Å²) in [6.45, 7) is 2.08. The van der Waals surface area contributed by atoms with Crippen molar-refractivity contribution in [3.63, 3.8) is 0 Å². The summed E-state index contributed by atoms with van der Waals surface area (Å²) >= 11 is 0. The van der Waals surface area contributed by atoms with E-state index in [2.05, 4.69) is 10.6 Å². The van der Waals surface area contributed by atoms with Gasteiger partial charge in [-0.15, -0.1) is 0 Å². The van der Waals surface area contributed by atoms with Crippen molar-refractivity contribution >= 4 is 6.09 Å². The van der Waals surface area contributed by atoms with E-state index in [9.17, 15) is 4.79 Å². The maximum Gasteiger partial charge on any atom is 0.404 e. The van der Waals surface area contributed by atoms with E-state index in [4.69, 9.17) is 5.11 Å². The third-order valence-electron chi connectivity index (χ3n) is 3.09. The van der Waals surface area contributed by atoms with Crippen LogP contribution in [-0.2, 0) is 0 Å². The number of hydrogen-bond acceptors (Lipinski definition) is 2.